The van der Waals surface area contributed by atoms with Crippen LogP contribution in [-0.4, -0.2) is 38.4 Å². The molecule has 1 N–H and O–H groups in total. The summed E-state index contributed by atoms with van der Waals surface area (Å²) in [6, 6.07) is 10.6. The number of carbonyl (C=O) groups is 1. The Balaban J connectivity index is 1.67. The Hall–Kier alpha value is -1.39. The maximum Gasteiger partial charge on any atom is 0.251 e. The molecule has 4 nitrogen and oxygen atoms in total. The molecule has 1 aromatic carbocycles. The number of nitrogens with one attached hydrogen (secondary N) is 1. The number of ether oxygens (including phenoxy) is 2. The predicted octanol–water partition coefficient (Wildman–Crippen LogP) is 2.42. The molecular weight excluding hydrogens is 278 g/mol. The van der Waals surface area contributed by atoms with Crippen molar-refractivity contribution in [2.24, 2.45) is 0 Å². The molecule has 22 heavy (non-hydrogen) atoms. The van der Waals surface area contributed by atoms with Gasteiger partial charge in [-0.05, 0) is 18.4 Å². The summed E-state index contributed by atoms with van der Waals surface area (Å²) in [5.41, 5.74) is 1.42. The second-order valence-electron chi connectivity index (χ2n) is 6.36. The molecule has 1 aromatic rings. The summed E-state index contributed by atoms with van der Waals surface area (Å²) in [6.07, 6.45) is 5.58. The highest BCUT2D eigenvalue weighted by atomic mass is 16.6. The van der Waals surface area contributed by atoms with Gasteiger partial charge < -0.3 is 14.8 Å². The first-order valence-electron chi connectivity index (χ1n) is 8.33. The summed E-state index contributed by atoms with van der Waals surface area (Å²) in [5, 5.41) is 3.12. The fourth-order valence-electron chi connectivity index (χ4n) is 3.60. The van der Waals surface area contributed by atoms with Gasteiger partial charge in [-0.15, -0.1) is 0 Å². The molecule has 1 heterocycles. The van der Waals surface area contributed by atoms with E-state index in [0.717, 1.165) is 12.8 Å². The number of amides is 1. The Morgan fingerprint density at radius 3 is 2.59 bits per heavy atom. The minimum Gasteiger partial charge on any atom is -0.376 e. The molecule has 1 saturated heterocycles. The number of hydrogen-bond donors (Lipinski definition) is 1. The number of rotatable bonds is 4. The molecule has 2 aliphatic rings. The molecule has 0 radical (unpaired) electrons. The molecule has 1 amide bonds. The molecule has 1 saturated carbocycles. The molecule has 4 heteroatoms. The van der Waals surface area contributed by atoms with Crippen LogP contribution in [0.1, 0.15) is 37.7 Å². The third-order valence-electron chi connectivity index (χ3n) is 4.91. The molecule has 0 unspecified atom stereocenters. The Morgan fingerprint density at radius 2 is 1.91 bits per heavy atom. The summed E-state index contributed by atoms with van der Waals surface area (Å²) in [4.78, 5) is 12.3. The largest absolute Gasteiger partial charge is 0.376 e. The van der Waals surface area contributed by atoms with Crippen molar-refractivity contribution < 1.29 is 14.3 Å². The third-order valence-corrected chi connectivity index (χ3v) is 4.91. The van der Waals surface area contributed by atoms with Gasteiger partial charge in [-0.3, -0.25) is 4.79 Å². The Morgan fingerprint density at radius 1 is 1.14 bits per heavy atom. The van der Waals surface area contributed by atoms with Gasteiger partial charge in [-0.2, -0.15) is 0 Å². The van der Waals surface area contributed by atoms with Gasteiger partial charge in [-0.25, -0.2) is 0 Å². The van der Waals surface area contributed by atoms with Gasteiger partial charge in [0, 0.05) is 12.0 Å². The average Bonchev–Trinajstić information content (AvgIpc) is 2.62. The van der Waals surface area contributed by atoms with Crippen LogP contribution in [0.2, 0.25) is 0 Å². The van der Waals surface area contributed by atoms with E-state index >= 15 is 0 Å². The molecule has 1 aliphatic heterocycles. The Bertz CT molecular complexity index is 476. The van der Waals surface area contributed by atoms with Crippen LogP contribution in [0.25, 0.3) is 0 Å². The number of benzene rings is 1. The van der Waals surface area contributed by atoms with Crippen molar-refractivity contribution in [1.82, 2.24) is 5.32 Å². The van der Waals surface area contributed by atoms with Gasteiger partial charge in [0.2, 0.25) is 0 Å². The third kappa shape index (κ3) is 3.50. The van der Waals surface area contributed by atoms with Gasteiger partial charge in [-0.1, -0.05) is 49.6 Å². The maximum absolute atomic E-state index is 12.3. The zero-order valence-electron chi connectivity index (χ0n) is 13.1. The topological polar surface area (TPSA) is 47.6 Å². The van der Waals surface area contributed by atoms with E-state index < -0.39 is 6.10 Å². The van der Waals surface area contributed by atoms with Gasteiger partial charge in [0.25, 0.3) is 5.91 Å². The zero-order valence-corrected chi connectivity index (χ0v) is 13.1. The maximum atomic E-state index is 12.3. The highest BCUT2D eigenvalue weighted by molar-refractivity contribution is 5.81. The van der Waals surface area contributed by atoms with E-state index in [2.05, 4.69) is 29.6 Å². The molecular formula is C18H25NO3. The molecule has 0 bridgehead atoms. The van der Waals surface area contributed by atoms with Gasteiger partial charge >= 0.3 is 0 Å². The average molecular weight is 303 g/mol. The second-order valence-corrected chi connectivity index (χ2v) is 6.36. The van der Waals surface area contributed by atoms with Crippen molar-refractivity contribution in [3.63, 3.8) is 0 Å². The smallest absolute Gasteiger partial charge is 0.251 e. The van der Waals surface area contributed by atoms with Crippen molar-refractivity contribution in [3.05, 3.63) is 35.9 Å². The van der Waals surface area contributed by atoms with E-state index in [1.54, 1.807) is 0 Å². The van der Waals surface area contributed by atoms with Crippen LogP contribution in [0, 0.1) is 0 Å². The summed E-state index contributed by atoms with van der Waals surface area (Å²) in [7, 11) is 0. The van der Waals surface area contributed by atoms with Crippen LogP contribution in [0.4, 0.5) is 0 Å². The molecule has 120 valence electrons. The molecule has 0 aromatic heterocycles. The van der Waals surface area contributed by atoms with E-state index in [-0.39, 0.29) is 11.3 Å². The predicted molar refractivity (Wildman–Crippen MR) is 84.8 cm³/mol. The van der Waals surface area contributed by atoms with Gasteiger partial charge in [0.05, 0.1) is 19.8 Å². The van der Waals surface area contributed by atoms with Crippen LogP contribution in [-0.2, 0) is 19.7 Å². The first-order valence-corrected chi connectivity index (χ1v) is 8.33. The fourth-order valence-corrected chi connectivity index (χ4v) is 3.60. The zero-order chi connectivity index (χ0) is 15.3. The SMILES string of the molecule is O=C(NCC1(c2ccccc2)CCCCC1)[C@@H]1COCCO1. The van der Waals surface area contributed by atoms with Gasteiger partial charge in [0.15, 0.2) is 6.10 Å². The van der Waals surface area contributed by atoms with E-state index in [0.29, 0.717) is 26.4 Å². The monoisotopic (exact) mass is 303 g/mol. The number of hydrogen-bond acceptors (Lipinski definition) is 3. The summed E-state index contributed by atoms with van der Waals surface area (Å²) in [5.74, 6) is -0.0411. The van der Waals surface area contributed by atoms with Crippen molar-refractivity contribution in [3.8, 4) is 0 Å². The first-order chi connectivity index (χ1) is 10.8. The number of carbonyl (C=O) groups excluding carboxylic acids is 1. The van der Waals surface area contributed by atoms with Crippen LogP contribution >= 0.6 is 0 Å². The molecule has 3 rings (SSSR count). The van der Waals surface area contributed by atoms with Crippen molar-refractivity contribution >= 4 is 5.91 Å². The molecule has 0 spiro atoms. The molecule has 1 atom stereocenters. The Kier molecular flexibility index (Phi) is 5.11. The summed E-state index contributed by atoms with van der Waals surface area (Å²) >= 11 is 0. The molecule has 1 aliphatic carbocycles. The van der Waals surface area contributed by atoms with Crippen molar-refractivity contribution in [1.29, 1.82) is 0 Å². The van der Waals surface area contributed by atoms with E-state index in [4.69, 9.17) is 9.47 Å². The quantitative estimate of drug-likeness (QED) is 0.929. The van der Waals surface area contributed by atoms with Crippen LogP contribution < -0.4 is 5.32 Å². The highest BCUT2D eigenvalue weighted by Crippen LogP contribution is 2.38. The lowest BCUT2D eigenvalue weighted by Crippen LogP contribution is -2.48. The van der Waals surface area contributed by atoms with Crippen molar-refractivity contribution in [2.75, 3.05) is 26.4 Å². The summed E-state index contributed by atoms with van der Waals surface area (Å²) in [6.45, 7) is 2.14. The highest BCUT2D eigenvalue weighted by Gasteiger charge is 2.35. The van der Waals surface area contributed by atoms with Crippen LogP contribution in [0.15, 0.2) is 30.3 Å². The summed E-state index contributed by atoms with van der Waals surface area (Å²) < 4.78 is 10.8. The lowest BCUT2D eigenvalue weighted by molar-refractivity contribution is -0.147. The van der Waals surface area contributed by atoms with Gasteiger partial charge in [0.1, 0.15) is 0 Å². The van der Waals surface area contributed by atoms with Crippen LogP contribution in [0.5, 0.6) is 0 Å². The first kappa shape index (κ1) is 15.5. The minimum absolute atomic E-state index is 0.0411. The van der Waals surface area contributed by atoms with E-state index in [9.17, 15) is 4.79 Å². The normalized spacial score (nSPS) is 24.6. The standard InChI is InChI=1S/C18H25NO3/c20-17(16-13-21-11-12-22-16)19-14-18(9-5-2-6-10-18)15-7-3-1-4-8-15/h1,3-4,7-8,16H,2,5-6,9-14H2,(H,19,20)/t16-/m0/s1. The Labute approximate surface area is 132 Å². The molecule has 2 fully saturated rings. The van der Waals surface area contributed by atoms with Crippen molar-refractivity contribution in [2.45, 2.75) is 43.6 Å². The second kappa shape index (κ2) is 7.25. The van der Waals surface area contributed by atoms with E-state index in [1.165, 1.54) is 24.8 Å². The fraction of sp³-hybridized carbons (Fsp3) is 0.611. The van der Waals surface area contributed by atoms with E-state index in [1.807, 2.05) is 6.07 Å². The van der Waals surface area contributed by atoms with Crippen LogP contribution in [0.3, 0.4) is 0 Å². The minimum atomic E-state index is -0.454. The lowest BCUT2D eigenvalue weighted by Gasteiger charge is -2.38. The lowest BCUT2D eigenvalue weighted by atomic mass is 9.69.